The lowest BCUT2D eigenvalue weighted by Gasteiger charge is -2.20. The van der Waals surface area contributed by atoms with Gasteiger partial charge < -0.3 is 5.32 Å². The van der Waals surface area contributed by atoms with E-state index >= 15 is 0 Å². The second kappa shape index (κ2) is 16.1. The van der Waals surface area contributed by atoms with Crippen molar-refractivity contribution in [3.05, 3.63) is 29.3 Å². The molecule has 0 heterocycles. The highest BCUT2D eigenvalue weighted by Crippen LogP contribution is 2.32. The number of nitrogens with one attached hydrogen (secondary N) is 1. The number of Topliss-reactive ketones (excluding diaryl/α,β-unsaturated/α-hetero) is 1. The summed E-state index contributed by atoms with van der Waals surface area (Å²) in [5.41, 5.74) is 3.18. The molecule has 0 bridgehead atoms. The van der Waals surface area contributed by atoms with Crippen LogP contribution in [0, 0.1) is 0 Å². The molecule has 0 aromatic heterocycles. The molecule has 3 nitrogen and oxygen atoms in total. The number of hydrogen-bond donors (Lipinski definition) is 1. The second-order valence-corrected chi connectivity index (χ2v) is 9.67. The summed E-state index contributed by atoms with van der Waals surface area (Å²) in [6.45, 7) is 10.8. The summed E-state index contributed by atoms with van der Waals surface area (Å²) in [5, 5.41) is 3.06. The number of unbranched alkanes of at least 4 members (excludes halogenated alkanes) is 10. The van der Waals surface area contributed by atoms with Crippen molar-refractivity contribution in [2.24, 2.45) is 0 Å². The molecule has 1 aromatic rings. The molecule has 0 radical (unpaired) electrons. The molecule has 0 unspecified atom stereocenters. The molecule has 0 saturated heterocycles. The summed E-state index contributed by atoms with van der Waals surface area (Å²) in [6.07, 6.45) is 14.5. The van der Waals surface area contributed by atoms with Gasteiger partial charge in [0.25, 0.3) is 0 Å². The fraction of sp³-hybridized carbons (Fsp3) is 0.714. The van der Waals surface area contributed by atoms with Crippen molar-refractivity contribution in [2.75, 3.05) is 5.32 Å². The molecule has 1 N–H and O–H groups in total. The second-order valence-electron chi connectivity index (χ2n) is 9.67. The third kappa shape index (κ3) is 11.5. The zero-order chi connectivity index (χ0) is 23.1. The van der Waals surface area contributed by atoms with Gasteiger partial charge in [-0.1, -0.05) is 117 Å². The van der Waals surface area contributed by atoms with E-state index in [0.29, 0.717) is 18.3 Å². The molecule has 0 atom stereocenters. The normalized spacial score (nSPS) is 11.3. The van der Waals surface area contributed by atoms with Crippen molar-refractivity contribution in [1.82, 2.24) is 0 Å². The molecular formula is C28H47NO2. The monoisotopic (exact) mass is 429 g/mol. The summed E-state index contributed by atoms with van der Waals surface area (Å²) in [7, 11) is 0. The molecule has 3 heteroatoms. The number of benzene rings is 1. The van der Waals surface area contributed by atoms with E-state index in [1.165, 1.54) is 57.8 Å². The third-order valence-corrected chi connectivity index (χ3v) is 6.05. The minimum Gasteiger partial charge on any atom is -0.325 e. The Labute approximate surface area is 191 Å². The van der Waals surface area contributed by atoms with Gasteiger partial charge in [-0.05, 0) is 29.4 Å². The fourth-order valence-electron chi connectivity index (χ4n) is 4.13. The fourth-order valence-corrected chi connectivity index (χ4v) is 4.13. The first-order valence-electron chi connectivity index (χ1n) is 12.8. The van der Waals surface area contributed by atoms with Crippen molar-refractivity contribution in [2.45, 2.75) is 130 Å². The van der Waals surface area contributed by atoms with Crippen LogP contribution in [0.5, 0.6) is 0 Å². The van der Waals surface area contributed by atoms with Crippen LogP contribution in [0.1, 0.15) is 141 Å². The Balaban J connectivity index is 2.28. The first-order valence-corrected chi connectivity index (χ1v) is 12.8. The van der Waals surface area contributed by atoms with Gasteiger partial charge in [-0.2, -0.15) is 0 Å². The number of rotatable bonds is 17. The molecular weight excluding hydrogens is 382 g/mol. The number of hydrogen-bond acceptors (Lipinski definition) is 2. The van der Waals surface area contributed by atoms with Gasteiger partial charge in [0.1, 0.15) is 5.78 Å². The Kier molecular flexibility index (Phi) is 14.2. The zero-order valence-electron chi connectivity index (χ0n) is 20.9. The predicted molar refractivity (Wildman–Crippen MR) is 134 cm³/mol. The zero-order valence-corrected chi connectivity index (χ0v) is 20.9. The van der Waals surface area contributed by atoms with Crippen molar-refractivity contribution < 1.29 is 9.59 Å². The Morgan fingerprint density at radius 1 is 0.742 bits per heavy atom. The number of anilines is 1. The highest BCUT2D eigenvalue weighted by atomic mass is 16.2. The molecule has 0 aliphatic rings. The Morgan fingerprint density at radius 2 is 1.19 bits per heavy atom. The SMILES string of the molecule is CCCCCCCCCCCCCC(=O)CC(=O)Nc1c(C(C)C)cccc1C(C)C. The lowest BCUT2D eigenvalue weighted by Crippen LogP contribution is -2.19. The molecule has 0 saturated carbocycles. The number of ketones is 1. The summed E-state index contributed by atoms with van der Waals surface area (Å²) in [6, 6.07) is 6.19. The van der Waals surface area contributed by atoms with Crippen LogP contribution in [0.2, 0.25) is 0 Å². The van der Waals surface area contributed by atoms with Crippen molar-refractivity contribution in [1.29, 1.82) is 0 Å². The van der Waals surface area contributed by atoms with Crippen LogP contribution in [0.3, 0.4) is 0 Å². The molecule has 31 heavy (non-hydrogen) atoms. The van der Waals surface area contributed by atoms with E-state index in [-0.39, 0.29) is 18.1 Å². The number of carbonyl (C=O) groups is 2. The van der Waals surface area contributed by atoms with E-state index in [1.54, 1.807) is 0 Å². The first-order chi connectivity index (χ1) is 14.9. The third-order valence-electron chi connectivity index (χ3n) is 6.05. The van der Waals surface area contributed by atoms with Crippen molar-refractivity contribution in [3.63, 3.8) is 0 Å². The highest BCUT2D eigenvalue weighted by molar-refractivity contribution is 6.05. The quantitative estimate of drug-likeness (QED) is 0.199. The Hall–Kier alpha value is -1.64. The van der Waals surface area contributed by atoms with Gasteiger partial charge in [-0.25, -0.2) is 0 Å². The molecule has 176 valence electrons. The van der Waals surface area contributed by atoms with Crippen LogP contribution in [0.25, 0.3) is 0 Å². The van der Waals surface area contributed by atoms with Crippen LogP contribution in [0.4, 0.5) is 5.69 Å². The number of amides is 1. The van der Waals surface area contributed by atoms with Crippen LogP contribution < -0.4 is 5.32 Å². The first kappa shape index (κ1) is 27.4. The molecule has 0 fully saturated rings. The standard InChI is InChI=1S/C28H47NO2/c1-6-7-8-9-10-11-12-13-14-15-16-18-24(30)21-27(31)29-28-25(22(2)3)19-17-20-26(28)23(4)5/h17,19-20,22-23H,6-16,18,21H2,1-5H3,(H,29,31). The molecule has 0 aliphatic carbocycles. The van der Waals surface area contributed by atoms with Gasteiger partial charge in [0.15, 0.2) is 0 Å². The maximum atomic E-state index is 12.5. The summed E-state index contributed by atoms with van der Waals surface area (Å²) in [5.74, 6) is 0.520. The summed E-state index contributed by atoms with van der Waals surface area (Å²) >= 11 is 0. The van der Waals surface area contributed by atoms with E-state index in [0.717, 1.165) is 29.7 Å². The smallest absolute Gasteiger partial charge is 0.231 e. The van der Waals surface area contributed by atoms with Gasteiger partial charge in [-0.3, -0.25) is 9.59 Å². The topological polar surface area (TPSA) is 46.2 Å². The van der Waals surface area contributed by atoms with Crippen LogP contribution in [0.15, 0.2) is 18.2 Å². The molecule has 1 amide bonds. The van der Waals surface area contributed by atoms with E-state index in [4.69, 9.17) is 0 Å². The molecule has 0 aliphatic heterocycles. The van der Waals surface area contributed by atoms with Crippen molar-refractivity contribution >= 4 is 17.4 Å². The van der Waals surface area contributed by atoms with Gasteiger partial charge in [-0.15, -0.1) is 0 Å². The predicted octanol–water partition coefficient (Wildman–Crippen LogP) is 8.53. The minimum atomic E-state index is -0.178. The largest absolute Gasteiger partial charge is 0.325 e. The van der Waals surface area contributed by atoms with E-state index in [2.05, 4.69) is 58.1 Å². The maximum Gasteiger partial charge on any atom is 0.231 e. The minimum absolute atomic E-state index is 0.0122. The lowest BCUT2D eigenvalue weighted by atomic mass is 9.92. The number of para-hydroxylation sites is 1. The van der Waals surface area contributed by atoms with Gasteiger partial charge in [0.05, 0.1) is 6.42 Å². The van der Waals surface area contributed by atoms with Crippen LogP contribution in [-0.2, 0) is 9.59 Å². The molecule has 0 spiro atoms. The van der Waals surface area contributed by atoms with Gasteiger partial charge in [0.2, 0.25) is 5.91 Å². The van der Waals surface area contributed by atoms with E-state index in [1.807, 2.05) is 0 Å². The maximum absolute atomic E-state index is 12.5. The Bertz CT molecular complexity index is 622. The number of carbonyl (C=O) groups excluding carboxylic acids is 2. The van der Waals surface area contributed by atoms with Crippen molar-refractivity contribution in [3.8, 4) is 0 Å². The highest BCUT2D eigenvalue weighted by Gasteiger charge is 2.17. The molecule has 1 aromatic carbocycles. The van der Waals surface area contributed by atoms with E-state index in [9.17, 15) is 9.59 Å². The average molecular weight is 430 g/mol. The van der Waals surface area contributed by atoms with Gasteiger partial charge in [0, 0.05) is 12.1 Å². The summed E-state index contributed by atoms with van der Waals surface area (Å²) < 4.78 is 0. The van der Waals surface area contributed by atoms with E-state index < -0.39 is 0 Å². The van der Waals surface area contributed by atoms with Crippen LogP contribution in [-0.4, -0.2) is 11.7 Å². The average Bonchev–Trinajstić information content (AvgIpc) is 2.71. The summed E-state index contributed by atoms with van der Waals surface area (Å²) in [4.78, 5) is 24.8. The Morgan fingerprint density at radius 3 is 1.65 bits per heavy atom. The lowest BCUT2D eigenvalue weighted by molar-refractivity contribution is -0.125. The molecule has 1 rings (SSSR count). The van der Waals surface area contributed by atoms with Gasteiger partial charge >= 0.3 is 0 Å². The van der Waals surface area contributed by atoms with Crippen LogP contribution >= 0.6 is 0 Å².